The van der Waals surface area contributed by atoms with E-state index in [1.165, 1.54) is 0 Å². The summed E-state index contributed by atoms with van der Waals surface area (Å²) in [4.78, 5) is 14.9. The minimum absolute atomic E-state index is 0.0327. The van der Waals surface area contributed by atoms with Crippen LogP contribution in [0.15, 0.2) is 60.7 Å². The molecule has 0 radical (unpaired) electrons. The predicted octanol–water partition coefficient (Wildman–Crippen LogP) is 5.29. The monoisotopic (exact) mass is 450 g/mol. The van der Waals surface area contributed by atoms with E-state index in [2.05, 4.69) is 39.9 Å². The number of likely N-dealkylation sites (tertiary alicyclic amines) is 1. The number of rotatable bonds is 8. The van der Waals surface area contributed by atoms with Crippen LogP contribution in [0, 0.1) is 11.3 Å². The lowest BCUT2D eigenvalue weighted by molar-refractivity contribution is -0.132. The van der Waals surface area contributed by atoms with Gasteiger partial charge in [-0.3, -0.25) is 4.79 Å². The van der Waals surface area contributed by atoms with E-state index in [0.29, 0.717) is 13.2 Å². The molecule has 1 unspecified atom stereocenters. The van der Waals surface area contributed by atoms with Crippen LogP contribution in [0.5, 0.6) is 0 Å². The van der Waals surface area contributed by atoms with E-state index in [1.807, 2.05) is 60.7 Å². The Morgan fingerprint density at radius 1 is 1.06 bits per heavy atom. The van der Waals surface area contributed by atoms with E-state index in [4.69, 9.17) is 9.16 Å². The fourth-order valence-electron chi connectivity index (χ4n) is 3.73. The number of hydrogen-bond donors (Lipinski definition) is 0. The maximum absolute atomic E-state index is 13.2. The molecule has 2 aromatic rings. The Labute approximate surface area is 193 Å². The maximum Gasteiger partial charge on any atom is 0.227 e. The van der Waals surface area contributed by atoms with E-state index in [9.17, 15) is 10.1 Å². The van der Waals surface area contributed by atoms with Crippen molar-refractivity contribution in [3.63, 3.8) is 0 Å². The molecule has 0 saturated carbocycles. The van der Waals surface area contributed by atoms with E-state index in [1.54, 1.807) is 4.90 Å². The predicted molar refractivity (Wildman–Crippen MR) is 128 cm³/mol. The molecule has 0 N–H and O–H groups in total. The molecule has 1 fully saturated rings. The Morgan fingerprint density at radius 3 is 2.16 bits per heavy atom. The molecule has 1 saturated heterocycles. The van der Waals surface area contributed by atoms with Crippen LogP contribution in [0.1, 0.15) is 38.3 Å². The minimum atomic E-state index is -2.21. The second-order valence-corrected chi connectivity index (χ2v) is 14.8. The van der Waals surface area contributed by atoms with Crippen molar-refractivity contribution in [1.82, 2.24) is 4.90 Å². The molecular weight excluding hydrogens is 416 g/mol. The van der Waals surface area contributed by atoms with Gasteiger partial charge in [0.05, 0.1) is 31.8 Å². The highest BCUT2D eigenvalue weighted by Gasteiger charge is 2.57. The molecule has 1 heterocycles. The summed E-state index contributed by atoms with van der Waals surface area (Å²) in [6.07, 6.45) is -0.331. The fraction of sp³-hybridized carbons (Fsp3) is 0.462. The van der Waals surface area contributed by atoms with Crippen LogP contribution in [0.3, 0.4) is 0 Å². The Kier molecular flexibility index (Phi) is 7.24. The molecule has 170 valence electrons. The molecule has 2 atom stereocenters. The summed E-state index contributed by atoms with van der Waals surface area (Å²) in [6.45, 7) is 11.7. The second kappa shape index (κ2) is 9.58. The van der Waals surface area contributed by atoms with Crippen LogP contribution in [0.4, 0.5) is 0 Å². The highest BCUT2D eigenvalue weighted by molar-refractivity contribution is 6.74. The number of ether oxygens (including phenoxy) is 1. The molecule has 1 amide bonds. The van der Waals surface area contributed by atoms with Crippen molar-refractivity contribution in [1.29, 1.82) is 5.26 Å². The Bertz CT molecular complexity index is 951. The van der Waals surface area contributed by atoms with E-state index < -0.39 is 20.0 Å². The molecule has 0 aliphatic carbocycles. The van der Waals surface area contributed by atoms with Crippen LogP contribution in [-0.2, 0) is 27.1 Å². The summed E-state index contributed by atoms with van der Waals surface area (Å²) in [5.74, 6) is -0.0672. The number of benzene rings is 2. The molecule has 0 aromatic heterocycles. The van der Waals surface area contributed by atoms with E-state index in [-0.39, 0.29) is 24.0 Å². The molecule has 1 aliphatic heterocycles. The average Bonchev–Trinajstić information content (AvgIpc) is 2.99. The van der Waals surface area contributed by atoms with Gasteiger partial charge in [0.15, 0.2) is 13.9 Å². The van der Waals surface area contributed by atoms with Gasteiger partial charge in [0, 0.05) is 6.54 Å². The first-order valence-electron chi connectivity index (χ1n) is 11.1. The van der Waals surface area contributed by atoms with E-state index in [0.717, 1.165) is 11.1 Å². The zero-order valence-electron chi connectivity index (χ0n) is 19.8. The summed E-state index contributed by atoms with van der Waals surface area (Å²) < 4.78 is 12.7. The number of amides is 1. The smallest absolute Gasteiger partial charge is 0.227 e. The van der Waals surface area contributed by atoms with Gasteiger partial charge in [0.2, 0.25) is 5.91 Å². The van der Waals surface area contributed by atoms with Gasteiger partial charge in [-0.1, -0.05) is 81.4 Å². The van der Waals surface area contributed by atoms with Gasteiger partial charge < -0.3 is 14.1 Å². The van der Waals surface area contributed by atoms with Crippen LogP contribution >= 0.6 is 0 Å². The summed E-state index contributed by atoms with van der Waals surface area (Å²) in [5, 5.41) is 10.4. The molecule has 1 aliphatic rings. The lowest BCUT2D eigenvalue weighted by Gasteiger charge is -2.43. The topological polar surface area (TPSA) is 62.6 Å². The van der Waals surface area contributed by atoms with Crippen LogP contribution < -0.4 is 0 Å². The highest BCUT2D eigenvalue weighted by Crippen LogP contribution is 2.42. The number of carbonyl (C=O) groups is 1. The largest absolute Gasteiger partial charge is 0.410 e. The molecule has 6 heteroatoms. The molecular formula is C26H34N2O3Si. The molecule has 5 nitrogen and oxygen atoms in total. The molecule has 0 bridgehead atoms. The molecule has 32 heavy (non-hydrogen) atoms. The highest BCUT2D eigenvalue weighted by atomic mass is 28.4. The van der Waals surface area contributed by atoms with Crippen molar-refractivity contribution in [3.8, 4) is 6.07 Å². The number of carbonyl (C=O) groups excluding carboxylic acids is 1. The van der Waals surface area contributed by atoms with Crippen LogP contribution in [0.25, 0.3) is 0 Å². The summed E-state index contributed by atoms with van der Waals surface area (Å²) in [6, 6.07) is 22.1. The standard InChI is InChI=1S/C26H34N2O3Si/c1-25(2,3)32(4,5)31-23-16-24(29)28(17-21-12-8-6-9-13-21)26(23,19-27)20-30-18-22-14-10-7-11-15-22/h6-15,23H,16-18,20H2,1-5H3/t23-,26?/m0/s1. The van der Waals surface area contributed by atoms with Gasteiger partial charge in [0.1, 0.15) is 0 Å². The van der Waals surface area contributed by atoms with Crippen molar-refractivity contribution in [2.24, 2.45) is 0 Å². The number of hydrogen-bond acceptors (Lipinski definition) is 4. The molecule has 2 aromatic carbocycles. The fourth-order valence-corrected chi connectivity index (χ4v) is 5.08. The first-order chi connectivity index (χ1) is 15.1. The maximum atomic E-state index is 13.2. The first-order valence-corrected chi connectivity index (χ1v) is 14.0. The van der Waals surface area contributed by atoms with Crippen LogP contribution in [0.2, 0.25) is 18.1 Å². The van der Waals surface area contributed by atoms with Crippen molar-refractivity contribution < 1.29 is 14.0 Å². The normalized spacial score (nSPS) is 21.6. The van der Waals surface area contributed by atoms with Crippen molar-refractivity contribution in [2.75, 3.05) is 6.61 Å². The van der Waals surface area contributed by atoms with Crippen molar-refractivity contribution >= 4 is 14.2 Å². The lowest BCUT2D eigenvalue weighted by Crippen LogP contribution is -2.57. The van der Waals surface area contributed by atoms with Crippen LogP contribution in [-0.4, -0.2) is 37.4 Å². The zero-order chi connectivity index (χ0) is 23.4. The summed E-state index contributed by atoms with van der Waals surface area (Å²) >= 11 is 0. The second-order valence-electron chi connectivity index (χ2n) is 10.1. The summed E-state index contributed by atoms with van der Waals surface area (Å²) in [7, 11) is -2.21. The Hall–Kier alpha value is -2.46. The van der Waals surface area contributed by atoms with Crippen molar-refractivity contribution in [3.05, 3.63) is 71.8 Å². The first kappa shape index (κ1) is 24.2. The third-order valence-electron chi connectivity index (χ3n) is 6.73. The minimum Gasteiger partial charge on any atom is -0.410 e. The lowest BCUT2D eigenvalue weighted by atomic mass is 9.95. The van der Waals surface area contributed by atoms with Gasteiger partial charge >= 0.3 is 0 Å². The third kappa shape index (κ3) is 5.12. The molecule has 3 rings (SSSR count). The van der Waals surface area contributed by atoms with Gasteiger partial charge in [-0.25, -0.2) is 0 Å². The number of nitriles is 1. The Balaban J connectivity index is 1.90. The zero-order valence-corrected chi connectivity index (χ0v) is 20.8. The average molecular weight is 451 g/mol. The van der Waals surface area contributed by atoms with Gasteiger partial charge in [-0.15, -0.1) is 0 Å². The molecule has 0 spiro atoms. The SMILES string of the molecule is CC(C)(C)[Si](C)(C)O[C@H]1CC(=O)N(Cc2ccccc2)C1(C#N)COCc1ccccc1. The summed E-state index contributed by atoms with van der Waals surface area (Å²) in [5.41, 5.74) is 0.843. The quantitative estimate of drug-likeness (QED) is 0.513. The van der Waals surface area contributed by atoms with Gasteiger partial charge in [-0.05, 0) is 29.3 Å². The van der Waals surface area contributed by atoms with Gasteiger partial charge in [-0.2, -0.15) is 5.26 Å². The number of nitrogens with zero attached hydrogens (tertiary/aromatic N) is 2. The van der Waals surface area contributed by atoms with Crippen molar-refractivity contribution in [2.45, 2.75) is 70.1 Å². The van der Waals surface area contributed by atoms with Gasteiger partial charge in [0.25, 0.3) is 0 Å². The third-order valence-corrected chi connectivity index (χ3v) is 11.2. The van der Waals surface area contributed by atoms with E-state index >= 15 is 0 Å². The Morgan fingerprint density at radius 2 is 1.62 bits per heavy atom.